The van der Waals surface area contributed by atoms with Gasteiger partial charge in [0.1, 0.15) is 0 Å². The average molecular weight is 751 g/mol. The van der Waals surface area contributed by atoms with Gasteiger partial charge in [0.15, 0.2) is 11.6 Å². The van der Waals surface area contributed by atoms with Crippen LogP contribution < -0.4 is 27.1 Å². The summed E-state index contributed by atoms with van der Waals surface area (Å²) >= 11 is 0. The Morgan fingerprint density at radius 1 is 0.691 bits per heavy atom. The first kappa shape index (κ1) is 38.7. The number of hydrogen-bond donors (Lipinski definition) is 2. The molecule has 0 bridgehead atoms. The van der Waals surface area contributed by atoms with E-state index in [1.807, 2.05) is 52.4 Å². The van der Waals surface area contributed by atoms with E-state index in [9.17, 15) is 14.0 Å². The van der Waals surface area contributed by atoms with Crippen LogP contribution in [0.15, 0.2) is 70.6 Å². The molecular formula is C42H55FN10O2. The molecule has 0 aliphatic carbocycles. The van der Waals surface area contributed by atoms with E-state index in [1.165, 1.54) is 0 Å². The summed E-state index contributed by atoms with van der Waals surface area (Å²) in [6.45, 7) is 13.5. The predicted octanol–water partition coefficient (Wildman–Crippen LogP) is 4.22. The topological polar surface area (TPSA) is 130 Å². The number of anilines is 1. The van der Waals surface area contributed by atoms with E-state index < -0.39 is 0 Å². The molecule has 3 fully saturated rings. The van der Waals surface area contributed by atoms with Crippen LogP contribution in [0.5, 0.6) is 0 Å². The van der Waals surface area contributed by atoms with Gasteiger partial charge in [0.25, 0.3) is 11.1 Å². The minimum absolute atomic E-state index is 0.0213. The number of fused-ring (bicyclic) bond motifs is 2. The SMILES string of the molecule is Cc1cnc2ccc(=O)n(CCN3CCC(N)CC3)c2c1.Cc1cnc2ccc(=O)n(CCN3CCC(NCc4cnc(N5CCCC5)c(F)c4)CC3)c2c1. The van der Waals surface area contributed by atoms with Gasteiger partial charge in [0.2, 0.25) is 0 Å². The molecule has 55 heavy (non-hydrogen) atoms. The lowest BCUT2D eigenvalue weighted by atomic mass is 10.0. The summed E-state index contributed by atoms with van der Waals surface area (Å²) in [5, 5.41) is 3.58. The number of nitrogens with zero attached hydrogens (tertiary/aromatic N) is 8. The van der Waals surface area contributed by atoms with Crippen molar-refractivity contribution in [1.29, 1.82) is 0 Å². The fraction of sp³-hybridized carbons (Fsp3) is 0.500. The third-order valence-corrected chi connectivity index (χ3v) is 11.3. The van der Waals surface area contributed by atoms with Crippen molar-refractivity contribution in [2.24, 2.45) is 5.73 Å². The highest BCUT2D eigenvalue weighted by atomic mass is 19.1. The molecular weight excluding hydrogens is 696 g/mol. The maximum Gasteiger partial charge on any atom is 0.251 e. The summed E-state index contributed by atoms with van der Waals surface area (Å²) in [7, 11) is 0. The van der Waals surface area contributed by atoms with Crippen LogP contribution in [-0.4, -0.2) is 98.3 Å². The number of aryl methyl sites for hydroxylation is 2. The predicted molar refractivity (Wildman–Crippen MR) is 217 cm³/mol. The number of nitrogens with two attached hydrogens (primary N) is 1. The van der Waals surface area contributed by atoms with Crippen molar-refractivity contribution >= 4 is 27.9 Å². The zero-order valence-electron chi connectivity index (χ0n) is 32.3. The monoisotopic (exact) mass is 750 g/mol. The highest BCUT2D eigenvalue weighted by Gasteiger charge is 2.21. The van der Waals surface area contributed by atoms with Gasteiger partial charge in [-0.25, -0.2) is 9.37 Å². The second-order valence-electron chi connectivity index (χ2n) is 15.5. The van der Waals surface area contributed by atoms with Crippen molar-refractivity contribution in [3.8, 4) is 0 Å². The molecule has 0 spiro atoms. The van der Waals surface area contributed by atoms with Crippen molar-refractivity contribution in [2.75, 3.05) is 57.3 Å². The molecule has 5 aromatic heterocycles. The lowest BCUT2D eigenvalue weighted by Crippen LogP contribution is -2.43. The van der Waals surface area contributed by atoms with E-state index in [-0.39, 0.29) is 16.9 Å². The van der Waals surface area contributed by atoms with E-state index in [1.54, 1.807) is 36.5 Å². The maximum absolute atomic E-state index is 14.5. The molecule has 0 atom stereocenters. The van der Waals surface area contributed by atoms with Gasteiger partial charge < -0.3 is 34.9 Å². The Hall–Kier alpha value is -4.56. The molecule has 3 N–H and O–H groups in total. The molecule has 8 heterocycles. The number of pyridine rings is 5. The van der Waals surface area contributed by atoms with Crippen molar-refractivity contribution in [3.63, 3.8) is 0 Å². The third kappa shape index (κ3) is 9.82. The molecule has 13 heteroatoms. The second-order valence-corrected chi connectivity index (χ2v) is 15.5. The number of nitrogens with one attached hydrogen (secondary N) is 1. The smallest absolute Gasteiger partial charge is 0.251 e. The number of rotatable bonds is 10. The Morgan fingerprint density at radius 2 is 1.22 bits per heavy atom. The number of likely N-dealkylation sites (tertiary alicyclic amines) is 2. The fourth-order valence-electron chi connectivity index (χ4n) is 8.01. The van der Waals surface area contributed by atoms with Gasteiger partial charge in [0.05, 0.1) is 22.1 Å². The van der Waals surface area contributed by atoms with E-state index >= 15 is 0 Å². The van der Waals surface area contributed by atoms with Crippen LogP contribution in [0.25, 0.3) is 22.1 Å². The van der Waals surface area contributed by atoms with E-state index in [2.05, 4.69) is 30.1 Å². The van der Waals surface area contributed by atoms with Crippen LogP contribution in [-0.2, 0) is 19.6 Å². The van der Waals surface area contributed by atoms with Gasteiger partial charge in [-0.2, -0.15) is 0 Å². The summed E-state index contributed by atoms with van der Waals surface area (Å²) in [4.78, 5) is 44.7. The highest BCUT2D eigenvalue weighted by molar-refractivity contribution is 5.75. The molecule has 3 aliphatic rings. The number of hydrogen-bond acceptors (Lipinski definition) is 10. The second kappa shape index (κ2) is 17.9. The summed E-state index contributed by atoms with van der Waals surface area (Å²) in [6.07, 6.45) is 11.9. The quantitative estimate of drug-likeness (QED) is 0.214. The number of halogens is 1. The summed E-state index contributed by atoms with van der Waals surface area (Å²) < 4.78 is 18.2. The highest BCUT2D eigenvalue weighted by Crippen LogP contribution is 2.22. The Bertz CT molecular complexity index is 2180. The van der Waals surface area contributed by atoms with Crippen molar-refractivity contribution < 1.29 is 4.39 Å². The molecule has 3 saturated heterocycles. The molecule has 0 radical (unpaired) electrons. The standard InChI is InChI=1S/C26H33FN6O.C16H22N4O/c1-19-14-24-23(29-16-19)4-5-25(34)33(24)13-12-31-10-6-21(7-11-31)28-17-20-15-22(27)26(30-18-20)32-8-2-3-9-32;1-12-10-15-14(18-11-12)2-3-16(21)20(15)9-8-19-6-4-13(17)5-7-19/h4-5,14-16,18,21,28H,2-3,6-13,17H2,1H3;2-3,10-11,13H,4-9,17H2,1H3. The fourth-order valence-corrected chi connectivity index (χ4v) is 8.01. The molecule has 0 amide bonds. The molecule has 0 unspecified atom stereocenters. The van der Waals surface area contributed by atoms with Gasteiger partial charge in [-0.3, -0.25) is 19.6 Å². The normalized spacial score (nSPS) is 17.6. The first-order valence-corrected chi connectivity index (χ1v) is 20.0. The number of aromatic nitrogens is 5. The van der Waals surface area contributed by atoms with Gasteiger partial charge >= 0.3 is 0 Å². The van der Waals surface area contributed by atoms with Crippen LogP contribution in [0, 0.1) is 19.7 Å². The summed E-state index contributed by atoms with van der Waals surface area (Å²) in [5.74, 6) is 0.274. The van der Waals surface area contributed by atoms with Gasteiger partial charge in [-0.05, 0) is 126 Å². The van der Waals surface area contributed by atoms with Crippen molar-refractivity contribution in [2.45, 2.75) is 84.1 Å². The van der Waals surface area contributed by atoms with Crippen molar-refractivity contribution in [3.05, 3.63) is 104 Å². The molecule has 0 saturated carbocycles. The largest absolute Gasteiger partial charge is 0.354 e. The van der Waals surface area contributed by atoms with Crippen LogP contribution in [0.4, 0.5) is 10.2 Å². The molecule has 12 nitrogen and oxygen atoms in total. The van der Waals surface area contributed by atoms with Crippen LogP contribution in [0.2, 0.25) is 0 Å². The van der Waals surface area contributed by atoms with E-state index in [0.717, 1.165) is 130 Å². The lowest BCUT2D eigenvalue weighted by molar-refractivity contribution is 0.191. The lowest BCUT2D eigenvalue weighted by Gasteiger charge is -2.32. The van der Waals surface area contributed by atoms with Gasteiger partial charge in [-0.1, -0.05) is 0 Å². The Morgan fingerprint density at radius 3 is 1.75 bits per heavy atom. The first-order valence-electron chi connectivity index (χ1n) is 20.0. The minimum Gasteiger partial charge on any atom is -0.354 e. The number of piperidine rings is 2. The Balaban J connectivity index is 0.000000190. The first-order chi connectivity index (χ1) is 26.7. The molecule has 5 aromatic rings. The van der Waals surface area contributed by atoms with Crippen molar-refractivity contribution in [1.82, 2.24) is 39.2 Å². The van der Waals surface area contributed by atoms with Gasteiger partial charge in [-0.15, -0.1) is 0 Å². The molecule has 8 rings (SSSR count). The van der Waals surface area contributed by atoms with Gasteiger partial charge in [0, 0.05) is 88.6 Å². The Kier molecular flexibility index (Phi) is 12.6. The molecule has 0 aromatic carbocycles. The zero-order chi connectivity index (χ0) is 38.3. The van der Waals surface area contributed by atoms with Crippen LogP contribution in [0.1, 0.15) is 55.2 Å². The van der Waals surface area contributed by atoms with E-state index in [0.29, 0.717) is 37.5 Å². The van der Waals surface area contributed by atoms with Crippen LogP contribution >= 0.6 is 0 Å². The molecule has 3 aliphatic heterocycles. The average Bonchev–Trinajstić information content (AvgIpc) is 3.73. The summed E-state index contributed by atoms with van der Waals surface area (Å²) in [5.41, 5.74) is 12.6. The summed E-state index contributed by atoms with van der Waals surface area (Å²) in [6, 6.07) is 13.3. The Labute approximate surface area is 322 Å². The van der Waals surface area contributed by atoms with Crippen LogP contribution in [0.3, 0.4) is 0 Å². The third-order valence-electron chi connectivity index (χ3n) is 11.3. The molecule has 292 valence electrons. The minimum atomic E-state index is -0.218. The maximum atomic E-state index is 14.5. The van der Waals surface area contributed by atoms with E-state index in [4.69, 9.17) is 5.73 Å². The zero-order valence-corrected chi connectivity index (χ0v) is 32.3.